The van der Waals surface area contributed by atoms with Gasteiger partial charge in [-0.1, -0.05) is 0 Å². The first-order chi connectivity index (χ1) is 6.70. The molecule has 0 N–H and O–H groups in total. The van der Waals surface area contributed by atoms with E-state index in [1.165, 1.54) is 0 Å². The summed E-state index contributed by atoms with van der Waals surface area (Å²) in [5.41, 5.74) is 0. The summed E-state index contributed by atoms with van der Waals surface area (Å²) in [7, 11) is 0. The minimum atomic E-state index is -0.677. The summed E-state index contributed by atoms with van der Waals surface area (Å²) in [5, 5.41) is 1.99. The number of nitrogens with zero attached hydrogens (tertiary/aromatic N) is 1. The maximum Gasteiger partial charge on any atom is 0.338 e. The van der Waals surface area contributed by atoms with Crippen LogP contribution >= 0.6 is 0 Å². The lowest BCUT2D eigenvalue weighted by Gasteiger charge is -2.00. The van der Waals surface area contributed by atoms with Crippen molar-refractivity contribution < 1.29 is 19.2 Å². The topological polar surface area (TPSA) is 82.0 Å². The van der Waals surface area contributed by atoms with Crippen molar-refractivity contribution in [3.63, 3.8) is 0 Å². The first-order valence-corrected chi connectivity index (χ1v) is 4.38. The van der Waals surface area contributed by atoms with E-state index in [0.717, 1.165) is 0 Å². The smallest absolute Gasteiger partial charge is 0.338 e. The zero-order valence-corrected chi connectivity index (χ0v) is 8.02. The summed E-state index contributed by atoms with van der Waals surface area (Å²) in [6.45, 7) is 2.08. The minimum Gasteiger partial charge on any atom is -0.466 e. The molecular weight excluding hydrogens is 190 g/mol. The number of unbranched alkanes of at least 4 members (excludes halogenated alkanes) is 1. The van der Waals surface area contributed by atoms with Gasteiger partial charge in [-0.2, -0.15) is 0 Å². The third-order valence-corrected chi connectivity index (χ3v) is 1.46. The van der Waals surface area contributed by atoms with Crippen molar-refractivity contribution in [2.75, 3.05) is 6.61 Å². The summed E-state index contributed by atoms with van der Waals surface area (Å²) in [5.74, 6) is -0.960. The summed E-state index contributed by atoms with van der Waals surface area (Å²) < 4.78 is 4.67. The number of rotatable bonds is 7. The van der Waals surface area contributed by atoms with Crippen LogP contribution in [0.5, 0.6) is 0 Å². The molecule has 0 aliphatic carbocycles. The average Bonchev–Trinajstić information content (AvgIpc) is 2.13. The minimum absolute atomic E-state index is 0.0884. The molecule has 0 saturated carbocycles. The molecule has 0 aromatic carbocycles. The lowest BCUT2D eigenvalue weighted by Crippen LogP contribution is -2.04. The maximum atomic E-state index is 10.8. The number of esters is 1. The van der Waals surface area contributed by atoms with E-state index in [1.807, 2.05) is 5.34 Å². The van der Waals surface area contributed by atoms with E-state index < -0.39 is 5.97 Å². The third kappa shape index (κ3) is 7.20. The SMILES string of the molecule is CCOC(=O)CCCCC(=O)ON=O. The second kappa shape index (κ2) is 8.15. The molecule has 0 saturated heterocycles. The predicted molar refractivity (Wildman–Crippen MR) is 47.0 cm³/mol. The van der Waals surface area contributed by atoms with Gasteiger partial charge >= 0.3 is 11.9 Å². The van der Waals surface area contributed by atoms with Crippen LogP contribution in [0.3, 0.4) is 0 Å². The molecule has 0 spiro atoms. The molecule has 0 aromatic heterocycles. The molecule has 0 bridgehead atoms. The Morgan fingerprint density at radius 3 is 2.21 bits per heavy atom. The highest BCUT2D eigenvalue weighted by Crippen LogP contribution is 2.02. The molecule has 80 valence electrons. The van der Waals surface area contributed by atoms with Crippen LogP contribution in [-0.4, -0.2) is 18.5 Å². The van der Waals surface area contributed by atoms with Gasteiger partial charge in [-0.3, -0.25) is 9.63 Å². The van der Waals surface area contributed by atoms with Gasteiger partial charge in [-0.05, 0) is 19.8 Å². The van der Waals surface area contributed by atoms with Crippen molar-refractivity contribution >= 4 is 11.9 Å². The molecule has 6 heteroatoms. The van der Waals surface area contributed by atoms with Crippen molar-refractivity contribution in [2.45, 2.75) is 32.6 Å². The summed E-state index contributed by atoms with van der Waals surface area (Å²) in [6.07, 6.45) is 1.38. The fraction of sp³-hybridized carbons (Fsp3) is 0.750. The largest absolute Gasteiger partial charge is 0.466 e. The van der Waals surface area contributed by atoms with E-state index >= 15 is 0 Å². The molecule has 0 aliphatic rings. The van der Waals surface area contributed by atoms with Gasteiger partial charge in [0.25, 0.3) is 0 Å². The number of carbonyl (C=O) groups is 2. The number of hydrogen-bond acceptors (Lipinski definition) is 6. The standard InChI is InChI=1S/C8H13NO5/c1-2-13-7(10)5-3-4-6-8(11)14-9-12/h2-6H2,1H3. The molecule has 0 atom stereocenters. The van der Waals surface area contributed by atoms with Crippen molar-refractivity contribution in [1.82, 2.24) is 0 Å². The quantitative estimate of drug-likeness (QED) is 0.270. The normalized spacial score (nSPS) is 9.21. The Labute approximate surface area is 81.5 Å². The van der Waals surface area contributed by atoms with Crippen molar-refractivity contribution in [2.24, 2.45) is 5.34 Å². The van der Waals surface area contributed by atoms with Crippen LogP contribution in [0.25, 0.3) is 0 Å². The van der Waals surface area contributed by atoms with Gasteiger partial charge in [0.1, 0.15) is 0 Å². The Morgan fingerprint density at radius 1 is 1.14 bits per heavy atom. The van der Waals surface area contributed by atoms with Gasteiger partial charge in [0.2, 0.25) is 0 Å². The molecule has 0 amide bonds. The van der Waals surface area contributed by atoms with Crippen LogP contribution in [0, 0.1) is 4.91 Å². The van der Waals surface area contributed by atoms with Crippen LogP contribution in [-0.2, 0) is 19.2 Å². The number of hydrogen-bond donors (Lipinski definition) is 0. The van der Waals surface area contributed by atoms with E-state index in [-0.39, 0.29) is 18.8 Å². The van der Waals surface area contributed by atoms with Crippen LogP contribution in [0.15, 0.2) is 5.34 Å². The molecule has 14 heavy (non-hydrogen) atoms. The van der Waals surface area contributed by atoms with Crippen molar-refractivity contribution in [3.05, 3.63) is 4.91 Å². The van der Waals surface area contributed by atoms with Gasteiger partial charge in [0.05, 0.1) is 6.61 Å². The molecule has 0 radical (unpaired) electrons. The summed E-state index contributed by atoms with van der Waals surface area (Å²) in [4.78, 5) is 34.7. The highest BCUT2D eigenvalue weighted by molar-refractivity contribution is 5.70. The maximum absolute atomic E-state index is 10.8. The van der Waals surface area contributed by atoms with E-state index in [4.69, 9.17) is 0 Å². The van der Waals surface area contributed by atoms with Crippen LogP contribution < -0.4 is 0 Å². The zero-order chi connectivity index (χ0) is 10.8. The average molecular weight is 203 g/mol. The predicted octanol–water partition coefficient (Wildman–Crippen LogP) is 1.33. The number of ether oxygens (including phenoxy) is 1. The van der Waals surface area contributed by atoms with Crippen LogP contribution in [0.1, 0.15) is 32.6 Å². The van der Waals surface area contributed by atoms with Crippen LogP contribution in [0.2, 0.25) is 0 Å². The molecule has 6 nitrogen and oxygen atoms in total. The molecule has 0 rings (SSSR count). The monoisotopic (exact) mass is 203 g/mol. The molecular formula is C8H13NO5. The zero-order valence-electron chi connectivity index (χ0n) is 8.02. The van der Waals surface area contributed by atoms with Gasteiger partial charge in [0, 0.05) is 12.8 Å². The Bertz CT molecular complexity index is 204. The summed E-state index contributed by atoms with van der Waals surface area (Å²) in [6, 6.07) is 0. The first kappa shape index (κ1) is 12.5. The fourth-order valence-electron chi connectivity index (χ4n) is 0.859. The second-order valence-corrected chi connectivity index (χ2v) is 2.55. The lowest BCUT2D eigenvalue weighted by atomic mass is 10.2. The molecule has 0 aliphatic heterocycles. The Balaban J connectivity index is 3.32. The molecule has 0 unspecified atom stereocenters. The summed E-state index contributed by atoms with van der Waals surface area (Å²) >= 11 is 0. The molecule has 0 aromatic rings. The number of carbonyl (C=O) groups excluding carboxylic acids is 2. The highest BCUT2D eigenvalue weighted by Gasteiger charge is 2.05. The van der Waals surface area contributed by atoms with Crippen LogP contribution in [0.4, 0.5) is 0 Å². The van der Waals surface area contributed by atoms with E-state index in [1.54, 1.807) is 6.92 Å². The van der Waals surface area contributed by atoms with Gasteiger partial charge in [-0.15, -0.1) is 4.91 Å². The van der Waals surface area contributed by atoms with E-state index in [2.05, 4.69) is 9.57 Å². The Hall–Kier alpha value is -1.46. The third-order valence-electron chi connectivity index (χ3n) is 1.46. The van der Waals surface area contributed by atoms with Gasteiger partial charge in [0.15, 0.2) is 5.34 Å². The fourth-order valence-corrected chi connectivity index (χ4v) is 0.859. The van der Waals surface area contributed by atoms with E-state index in [9.17, 15) is 14.5 Å². The molecule has 0 heterocycles. The Kier molecular flexibility index (Phi) is 7.30. The first-order valence-electron chi connectivity index (χ1n) is 4.38. The molecule has 0 fully saturated rings. The second-order valence-electron chi connectivity index (χ2n) is 2.55. The van der Waals surface area contributed by atoms with Gasteiger partial charge < -0.3 is 4.74 Å². The Morgan fingerprint density at radius 2 is 1.71 bits per heavy atom. The van der Waals surface area contributed by atoms with E-state index in [0.29, 0.717) is 19.4 Å². The van der Waals surface area contributed by atoms with Gasteiger partial charge in [-0.25, -0.2) is 4.79 Å². The highest BCUT2D eigenvalue weighted by atomic mass is 16.7. The van der Waals surface area contributed by atoms with Crippen molar-refractivity contribution in [3.8, 4) is 0 Å². The lowest BCUT2D eigenvalue weighted by molar-refractivity contribution is -0.145. The van der Waals surface area contributed by atoms with Crippen molar-refractivity contribution in [1.29, 1.82) is 0 Å².